The third-order valence-electron chi connectivity index (χ3n) is 4.27. The molecule has 2 aromatic rings. The summed E-state index contributed by atoms with van der Waals surface area (Å²) in [4.78, 5) is 4.42. The largest absolute Gasteiger partial charge is 0.495 e. The van der Waals surface area contributed by atoms with Crippen molar-refractivity contribution < 1.29 is 9.13 Å². The molecular weight excluding hydrogens is 329 g/mol. The van der Waals surface area contributed by atoms with Gasteiger partial charge < -0.3 is 15.8 Å². The van der Waals surface area contributed by atoms with Gasteiger partial charge >= 0.3 is 0 Å². The van der Waals surface area contributed by atoms with E-state index in [1.807, 2.05) is 12.1 Å². The number of methoxy groups -OCH3 is 1. The summed E-state index contributed by atoms with van der Waals surface area (Å²) in [6, 6.07) is 12.0. The van der Waals surface area contributed by atoms with Gasteiger partial charge in [0.25, 0.3) is 0 Å². The summed E-state index contributed by atoms with van der Waals surface area (Å²) in [5, 5.41) is 3.51. The van der Waals surface area contributed by atoms with Crippen molar-refractivity contribution in [1.82, 2.24) is 0 Å². The van der Waals surface area contributed by atoms with Crippen molar-refractivity contribution >= 4 is 23.2 Å². The zero-order valence-corrected chi connectivity index (χ0v) is 14.1. The van der Waals surface area contributed by atoms with Gasteiger partial charge in [0.05, 0.1) is 18.7 Å². The fourth-order valence-electron chi connectivity index (χ4n) is 2.68. The van der Waals surface area contributed by atoms with Crippen molar-refractivity contribution in [3.05, 3.63) is 58.9 Å². The average Bonchev–Trinajstić information content (AvgIpc) is 3.34. The smallest absolute Gasteiger partial charge is 0.193 e. The zero-order valence-electron chi connectivity index (χ0n) is 13.4. The molecule has 0 heterocycles. The van der Waals surface area contributed by atoms with E-state index in [4.69, 9.17) is 22.1 Å². The van der Waals surface area contributed by atoms with Crippen LogP contribution in [0.15, 0.2) is 47.5 Å². The predicted molar refractivity (Wildman–Crippen MR) is 95.4 cm³/mol. The van der Waals surface area contributed by atoms with Gasteiger partial charge in [0.15, 0.2) is 5.96 Å². The van der Waals surface area contributed by atoms with Gasteiger partial charge in [-0.3, -0.25) is 4.99 Å². The SMILES string of the molecule is COc1ccc(NC(N)=NCC2(c3cccc(F)c3)CC2)cc1Cl. The van der Waals surface area contributed by atoms with Crippen LogP contribution in [0.3, 0.4) is 0 Å². The molecule has 0 unspecified atom stereocenters. The van der Waals surface area contributed by atoms with Gasteiger partial charge in [-0.2, -0.15) is 0 Å². The number of hydrogen-bond donors (Lipinski definition) is 2. The van der Waals surface area contributed by atoms with Gasteiger partial charge in [0.1, 0.15) is 11.6 Å². The lowest BCUT2D eigenvalue weighted by atomic mass is 9.96. The summed E-state index contributed by atoms with van der Waals surface area (Å²) in [6.07, 6.45) is 1.98. The van der Waals surface area contributed by atoms with E-state index in [-0.39, 0.29) is 11.2 Å². The molecule has 0 amide bonds. The number of nitrogens with two attached hydrogens (primary N) is 1. The van der Waals surface area contributed by atoms with Crippen molar-refractivity contribution in [2.45, 2.75) is 18.3 Å². The number of guanidine groups is 1. The Morgan fingerprint density at radius 1 is 1.33 bits per heavy atom. The molecule has 0 aliphatic heterocycles. The molecule has 1 aliphatic carbocycles. The Bertz CT molecular complexity index is 775. The van der Waals surface area contributed by atoms with Gasteiger partial charge in [-0.1, -0.05) is 23.7 Å². The summed E-state index contributed by atoms with van der Waals surface area (Å²) >= 11 is 6.09. The van der Waals surface area contributed by atoms with Crippen LogP contribution in [0, 0.1) is 5.82 Å². The fourth-order valence-corrected chi connectivity index (χ4v) is 2.93. The highest BCUT2D eigenvalue weighted by atomic mass is 35.5. The summed E-state index contributed by atoms with van der Waals surface area (Å²) < 4.78 is 18.5. The molecule has 3 N–H and O–H groups in total. The van der Waals surface area contributed by atoms with Crippen LogP contribution in [0.25, 0.3) is 0 Å². The first-order valence-corrected chi connectivity index (χ1v) is 8.07. The van der Waals surface area contributed by atoms with Crippen molar-refractivity contribution in [2.24, 2.45) is 10.7 Å². The number of rotatable bonds is 5. The van der Waals surface area contributed by atoms with Crippen LogP contribution in [0.5, 0.6) is 5.75 Å². The summed E-state index contributed by atoms with van der Waals surface area (Å²) in [6.45, 7) is 0.527. The normalized spacial score (nSPS) is 15.9. The number of anilines is 1. The van der Waals surface area contributed by atoms with E-state index < -0.39 is 0 Å². The van der Waals surface area contributed by atoms with Gasteiger partial charge in [0, 0.05) is 11.1 Å². The van der Waals surface area contributed by atoms with Gasteiger partial charge in [0.2, 0.25) is 0 Å². The van der Waals surface area contributed by atoms with E-state index in [1.165, 1.54) is 6.07 Å². The van der Waals surface area contributed by atoms with Gasteiger partial charge in [-0.25, -0.2) is 4.39 Å². The van der Waals surface area contributed by atoms with Crippen LogP contribution >= 0.6 is 11.6 Å². The first-order chi connectivity index (χ1) is 11.5. The fraction of sp³-hybridized carbons (Fsp3) is 0.278. The van der Waals surface area contributed by atoms with Crippen LogP contribution in [-0.4, -0.2) is 19.6 Å². The molecule has 0 bridgehead atoms. The monoisotopic (exact) mass is 347 g/mol. The third kappa shape index (κ3) is 3.62. The van der Waals surface area contributed by atoms with Gasteiger partial charge in [-0.15, -0.1) is 0 Å². The maximum Gasteiger partial charge on any atom is 0.193 e. The minimum absolute atomic E-state index is 0.0913. The maximum atomic E-state index is 13.4. The minimum atomic E-state index is -0.221. The van der Waals surface area contributed by atoms with E-state index in [0.29, 0.717) is 23.3 Å². The Morgan fingerprint density at radius 2 is 2.12 bits per heavy atom. The van der Waals surface area contributed by atoms with E-state index in [9.17, 15) is 4.39 Å². The minimum Gasteiger partial charge on any atom is -0.495 e. The maximum absolute atomic E-state index is 13.4. The Morgan fingerprint density at radius 3 is 2.75 bits per heavy atom. The molecule has 3 rings (SSSR count). The molecule has 0 spiro atoms. The highest BCUT2D eigenvalue weighted by Gasteiger charge is 2.44. The van der Waals surface area contributed by atoms with Crippen LogP contribution in [-0.2, 0) is 5.41 Å². The molecule has 6 heteroatoms. The number of benzene rings is 2. The third-order valence-corrected chi connectivity index (χ3v) is 4.56. The second-order valence-electron chi connectivity index (χ2n) is 5.97. The van der Waals surface area contributed by atoms with Crippen molar-refractivity contribution in [1.29, 1.82) is 0 Å². The number of ether oxygens (including phenoxy) is 1. The molecule has 24 heavy (non-hydrogen) atoms. The number of nitrogens with one attached hydrogen (secondary N) is 1. The molecular formula is C18H19ClFN3O. The molecule has 0 radical (unpaired) electrons. The molecule has 2 aromatic carbocycles. The van der Waals surface area contributed by atoms with Crippen molar-refractivity contribution in [3.63, 3.8) is 0 Å². The topological polar surface area (TPSA) is 59.6 Å². The first-order valence-electron chi connectivity index (χ1n) is 7.69. The van der Waals surface area contributed by atoms with Crippen molar-refractivity contribution in [2.75, 3.05) is 19.0 Å². The molecule has 126 valence electrons. The molecule has 0 saturated heterocycles. The highest BCUT2D eigenvalue weighted by Crippen LogP contribution is 2.48. The zero-order chi connectivity index (χ0) is 17.2. The molecule has 1 aliphatic rings. The summed E-state index contributed by atoms with van der Waals surface area (Å²) in [5.41, 5.74) is 7.58. The molecule has 4 nitrogen and oxygen atoms in total. The first kappa shape index (κ1) is 16.6. The highest BCUT2D eigenvalue weighted by molar-refractivity contribution is 6.32. The average molecular weight is 348 g/mol. The number of aliphatic imine (C=N–C) groups is 1. The second-order valence-corrected chi connectivity index (χ2v) is 6.37. The summed E-state index contributed by atoms with van der Waals surface area (Å²) in [5.74, 6) is 0.682. The van der Waals surface area contributed by atoms with Crippen molar-refractivity contribution in [3.8, 4) is 5.75 Å². The second kappa shape index (κ2) is 6.69. The van der Waals surface area contributed by atoms with E-state index >= 15 is 0 Å². The molecule has 1 saturated carbocycles. The van der Waals surface area contributed by atoms with Crippen LogP contribution in [0.4, 0.5) is 10.1 Å². The predicted octanol–water partition coefficient (Wildman–Crippen LogP) is 3.95. The van der Waals surface area contributed by atoms with E-state index in [0.717, 1.165) is 24.1 Å². The van der Waals surface area contributed by atoms with E-state index in [2.05, 4.69) is 10.3 Å². The Labute approximate surface area is 145 Å². The molecule has 1 fully saturated rings. The van der Waals surface area contributed by atoms with Crippen LogP contribution in [0.2, 0.25) is 5.02 Å². The lowest BCUT2D eigenvalue weighted by molar-refractivity contribution is 0.415. The molecule has 0 aromatic heterocycles. The van der Waals surface area contributed by atoms with E-state index in [1.54, 1.807) is 31.4 Å². The number of nitrogens with zero attached hydrogens (tertiary/aromatic N) is 1. The lowest BCUT2D eigenvalue weighted by Crippen LogP contribution is -2.25. The quantitative estimate of drug-likeness (QED) is 0.636. The Hall–Kier alpha value is -2.27. The van der Waals surface area contributed by atoms with Crippen LogP contribution in [0.1, 0.15) is 18.4 Å². The Balaban J connectivity index is 1.67. The Kier molecular flexibility index (Phi) is 4.62. The standard InChI is InChI=1S/C18H19ClFN3O/c1-24-16-6-5-14(10-15(16)19)23-17(21)22-11-18(7-8-18)12-3-2-4-13(20)9-12/h2-6,9-10H,7-8,11H2,1H3,(H3,21,22,23). The number of halogens is 2. The lowest BCUT2D eigenvalue weighted by Gasteiger charge is -2.14. The number of hydrogen-bond acceptors (Lipinski definition) is 2. The van der Waals surface area contributed by atoms with Gasteiger partial charge in [-0.05, 0) is 48.7 Å². The van der Waals surface area contributed by atoms with Crippen LogP contribution < -0.4 is 15.8 Å². The summed E-state index contributed by atoms with van der Waals surface area (Å²) in [7, 11) is 1.56. The molecule has 0 atom stereocenters.